The number of carbonyl (C=O) groups excluding carboxylic acids is 2. The van der Waals surface area contributed by atoms with E-state index in [4.69, 9.17) is 5.11 Å². The quantitative estimate of drug-likeness (QED) is 0.342. The van der Waals surface area contributed by atoms with Gasteiger partial charge in [-0.25, -0.2) is 4.79 Å². The minimum absolute atomic E-state index is 0.0478. The van der Waals surface area contributed by atoms with Crippen molar-refractivity contribution in [2.24, 2.45) is 0 Å². The fourth-order valence-corrected chi connectivity index (χ4v) is 3.96. The molecule has 0 radical (unpaired) electrons. The van der Waals surface area contributed by atoms with Crippen molar-refractivity contribution in [1.29, 1.82) is 0 Å². The lowest BCUT2D eigenvalue weighted by Crippen LogP contribution is -2.32. The number of thioether (sulfide) groups is 1. The monoisotopic (exact) mass is 460 g/mol. The third-order valence-electron chi connectivity index (χ3n) is 4.72. The van der Waals surface area contributed by atoms with Crippen LogP contribution in [-0.4, -0.2) is 28.1 Å². The van der Waals surface area contributed by atoms with Crippen LogP contribution in [0.3, 0.4) is 0 Å². The molecule has 33 heavy (non-hydrogen) atoms. The Kier molecular flexibility index (Phi) is 8.05. The van der Waals surface area contributed by atoms with Crippen LogP contribution in [-0.2, 0) is 14.4 Å². The molecule has 0 saturated carbocycles. The van der Waals surface area contributed by atoms with Crippen LogP contribution in [0.25, 0.3) is 0 Å². The van der Waals surface area contributed by atoms with Crippen molar-refractivity contribution >= 4 is 46.6 Å². The van der Waals surface area contributed by atoms with E-state index in [-0.39, 0.29) is 16.7 Å². The van der Waals surface area contributed by atoms with Crippen LogP contribution in [0.5, 0.6) is 0 Å². The highest BCUT2D eigenvalue weighted by Gasteiger charge is 2.24. The standard InChI is InChI=1S/C26H24N2O4S/c1-18(26(31)32)17-24(29)27-20-13-15-23(16-14-20)33-19(2)25(30)28(21-9-5-3-6-10-21)22-11-7-4-8-12-22/h3-17,19H,1-2H3,(H,27,29)(H,31,32)/b18-17+. The maximum Gasteiger partial charge on any atom is 0.331 e. The van der Waals surface area contributed by atoms with Gasteiger partial charge in [-0.1, -0.05) is 36.4 Å². The summed E-state index contributed by atoms with van der Waals surface area (Å²) in [4.78, 5) is 38.7. The van der Waals surface area contributed by atoms with E-state index in [2.05, 4.69) is 5.32 Å². The first-order valence-electron chi connectivity index (χ1n) is 10.3. The first-order valence-corrected chi connectivity index (χ1v) is 11.2. The molecule has 2 N–H and O–H groups in total. The number of nitrogens with zero attached hydrogens (tertiary/aromatic N) is 1. The number of hydrogen-bond donors (Lipinski definition) is 2. The van der Waals surface area contributed by atoms with Crippen molar-refractivity contribution in [3.63, 3.8) is 0 Å². The molecule has 7 heteroatoms. The van der Waals surface area contributed by atoms with Gasteiger partial charge < -0.3 is 10.4 Å². The summed E-state index contributed by atoms with van der Waals surface area (Å²) in [5, 5.41) is 11.1. The average molecular weight is 461 g/mol. The maximum atomic E-state index is 13.4. The van der Waals surface area contributed by atoms with Crippen LogP contribution < -0.4 is 10.2 Å². The van der Waals surface area contributed by atoms with Gasteiger partial charge in [0.25, 0.3) is 0 Å². The molecular weight excluding hydrogens is 436 g/mol. The highest BCUT2D eigenvalue weighted by molar-refractivity contribution is 8.00. The molecule has 168 valence electrons. The lowest BCUT2D eigenvalue weighted by Gasteiger charge is -2.26. The lowest BCUT2D eigenvalue weighted by molar-refractivity contribution is -0.132. The van der Waals surface area contributed by atoms with E-state index in [0.717, 1.165) is 22.3 Å². The molecule has 2 amide bonds. The smallest absolute Gasteiger partial charge is 0.331 e. The van der Waals surface area contributed by atoms with E-state index in [1.54, 1.807) is 17.0 Å². The molecule has 3 rings (SSSR count). The number of carboxylic acids is 1. The zero-order valence-electron chi connectivity index (χ0n) is 18.3. The van der Waals surface area contributed by atoms with Gasteiger partial charge in [-0.15, -0.1) is 11.8 Å². The Morgan fingerprint density at radius 2 is 1.39 bits per heavy atom. The van der Waals surface area contributed by atoms with E-state index < -0.39 is 11.9 Å². The van der Waals surface area contributed by atoms with Gasteiger partial charge in [-0.2, -0.15) is 0 Å². The van der Waals surface area contributed by atoms with Crippen LogP contribution in [0.15, 0.2) is 101 Å². The van der Waals surface area contributed by atoms with E-state index in [9.17, 15) is 14.4 Å². The summed E-state index contributed by atoms with van der Waals surface area (Å²) in [5.41, 5.74) is 2.08. The van der Waals surface area contributed by atoms with Crippen molar-refractivity contribution in [2.45, 2.75) is 24.0 Å². The predicted molar refractivity (Wildman–Crippen MR) is 132 cm³/mol. The molecule has 0 bridgehead atoms. The minimum atomic E-state index is -1.14. The van der Waals surface area contributed by atoms with Crippen LogP contribution >= 0.6 is 11.8 Å². The molecule has 0 fully saturated rings. The molecule has 1 atom stereocenters. The number of benzene rings is 3. The molecule has 0 aromatic heterocycles. The second-order valence-electron chi connectivity index (χ2n) is 7.25. The predicted octanol–water partition coefficient (Wildman–Crippen LogP) is 5.50. The molecular formula is C26H24N2O4S. The van der Waals surface area contributed by atoms with Gasteiger partial charge >= 0.3 is 5.97 Å². The van der Waals surface area contributed by atoms with Crippen molar-refractivity contribution in [3.8, 4) is 0 Å². The van der Waals surface area contributed by atoms with Crippen LogP contribution in [0.2, 0.25) is 0 Å². The summed E-state index contributed by atoms with van der Waals surface area (Å²) in [7, 11) is 0. The van der Waals surface area contributed by atoms with Gasteiger partial charge in [-0.05, 0) is 62.4 Å². The van der Waals surface area contributed by atoms with Gasteiger partial charge in [-0.3, -0.25) is 14.5 Å². The topological polar surface area (TPSA) is 86.7 Å². The van der Waals surface area contributed by atoms with Crippen molar-refractivity contribution in [1.82, 2.24) is 0 Å². The Labute approximate surface area is 196 Å². The summed E-state index contributed by atoms with van der Waals surface area (Å²) in [6.45, 7) is 3.22. The third kappa shape index (κ3) is 6.57. The third-order valence-corrected chi connectivity index (χ3v) is 5.82. The Bertz CT molecular complexity index is 1110. The fourth-order valence-electron chi connectivity index (χ4n) is 3.05. The Morgan fingerprint density at radius 3 is 1.88 bits per heavy atom. The normalized spacial score (nSPS) is 12.0. The molecule has 0 aliphatic heterocycles. The highest BCUT2D eigenvalue weighted by atomic mass is 32.2. The number of hydrogen-bond acceptors (Lipinski definition) is 4. The van der Waals surface area contributed by atoms with Crippen molar-refractivity contribution in [3.05, 3.63) is 96.6 Å². The fraction of sp³-hybridized carbons (Fsp3) is 0.115. The molecule has 0 saturated heterocycles. The summed E-state index contributed by atoms with van der Waals surface area (Å²) in [6.07, 6.45) is 1.04. The molecule has 3 aromatic rings. The van der Waals surface area contributed by atoms with Crippen LogP contribution in [0, 0.1) is 0 Å². The first-order chi connectivity index (χ1) is 15.8. The number of anilines is 3. The Balaban J connectivity index is 1.71. The molecule has 0 aliphatic rings. The summed E-state index contributed by atoms with van der Waals surface area (Å²) in [6, 6.07) is 26.1. The SMILES string of the molecule is C/C(=C\C(=O)Nc1ccc(SC(C)C(=O)N(c2ccccc2)c2ccccc2)cc1)C(=O)O. The van der Waals surface area contributed by atoms with Crippen molar-refractivity contribution < 1.29 is 19.5 Å². The number of para-hydroxylation sites is 2. The molecule has 1 unspecified atom stereocenters. The second-order valence-corrected chi connectivity index (χ2v) is 8.67. The van der Waals surface area contributed by atoms with Gasteiger partial charge in [0.05, 0.1) is 5.25 Å². The summed E-state index contributed by atoms with van der Waals surface area (Å²) in [5.74, 6) is -1.71. The first kappa shape index (κ1) is 23.8. The van der Waals surface area contributed by atoms with Crippen LogP contribution in [0.4, 0.5) is 17.1 Å². The highest BCUT2D eigenvalue weighted by Crippen LogP contribution is 2.31. The van der Waals surface area contributed by atoms with E-state index >= 15 is 0 Å². The number of carbonyl (C=O) groups is 3. The van der Waals surface area contributed by atoms with Gasteiger partial charge in [0, 0.05) is 33.6 Å². The Hall–Kier alpha value is -3.84. The summed E-state index contributed by atoms with van der Waals surface area (Å²) < 4.78 is 0. The van der Waals surface area contributed by atoms with Gasteiger partial charge in [0.15, 0.2) is 0 Å². The van der Waals surface area contributed by atoms with E-state index in [1.807, 2.05) is 79.7 Å². The number of nitrogens with one attached hydrogen (secondary N) is 1. The largest absolute Gasteiger partial charge is 0.478 e. The van der Waals surface area contributed by atoms with E-state index in [0.29, 0.717) is 5.69 Å². The second kappa shape index (κ2) is 11.2. The summed E-state index contributed by atoms with van der Waals surface area (Å²) >= 11 is 1.42. The number of aliphatic carboxylic acids is 1. The number of rotatable bonds is 8. The minimum Gasteiger partial charge on any atom is -0.478 e. The maximum absolute atomic E-state index is 13.4. The molecule has 6 nitrogen and oxygen atoms in total. The Morgan fingerprint density at radius 1 is 0.879 bits per heavy atom. The number of amides is 2. The molecule has 0 heterocycles. The van der Waals surface area contributed by atoms with Gasteiger partial charge in [0.2, 0.25) is 11.8 Å². The average Bonchev–Trinajstić information content (AvgIpc) is 2.81. The van der Waals surface area contributed by atoms with Crippen LogP contribution in [0.1, 0.15) is 13.8 Å². The zero-order valence-corrected chi connectivity index (χ0v) is 19.1. The molecule has 3 aromatic carbocycles. The molecule has 0 aliphatic carbocycles. The lowest BCUT2D eigenvalue weighted by atomic mass is 10.2. The van der Waals surface area contributed by atoms with E-state index in [1.165, 1.54) is 18.7 Å². The van der Waals surface area contributed by atoms with Gasteiger partial charge in [0.1, 0.15) is 0 Å². The molecule has 0 spiro atoms. The zero-order chi connectivity index (χ0) is 23.8. The van der Waals surface area contributed by atoms with Crippen molar-refractivity contribution in [2.75, 3.05) is 10.2 Å². The number of carboxylic acid groups (broad SMARTS) is 1.